The van der Waals surface area contributed by atoms with Crippen LogP contribution in [0.25, 0.3) is 0 Å². The van der Waals surface area contributed by atoms with Gasteiger partial charge >= 0.3 is 0 Å². The summed E-state index contributed by atoms with van der Waals surface area (Å²) >= 11 is 0. The molecule has 1 atom stereocenters. The number of carbonyl (C=O) groups excluding carboxylic acids is 2. The van der Waals surface area contributed by atoms with E-state index in [1.54, 1.807) is 11.9 Å². The van der Waals surface area contributed by atoms with Gasteiger partial charge in [0.25, 0.3) is 0 Å². The van der Waals surface area contributed by atoms with E-state index in [0.29, 0.717) is 17.9 Å². The van der Waals surface area contributed by atoms with Crippen LogP contribution in [0.15, 0.2) is 0 Å². The van der Waals surface area contributed by atoms with Gasteiger partial charge in [0.1, 0.15) is 6.04 Å². The van der Waals surface area contributed by atoms with Crippen LogP contribution in [0, 0.1) is 11.8 Å². The van der Waals surface area contributed by atoms with Crippen molar-refractivity contribution in [1.82, 2.24) is 10.2 Å². The number of amides is 2. The molecule has 2 amide bonds. The minimum absolute atomic E-state index is 0.0372. The number of nitrogens with one attached hydrogen (secondary N) is 1. The van der Waals surface area contributed by atoms with E-state index in [1.807, 2.05) is 27.7 Å². The van der Waals surface area contributed by atoms with Crippen molar-refractivity contribution in [2.75, 3.05) is 18.6 Å². The first-order valence-electron chi connectivity index (χ1n) is 8.13. The number of carbonyl (C=O) groups is 2. The lowest BCUT2D eigenvalue weighted by Gasteiger charge is -2.34. The second-order valence-electron chi connectivity index (χ2n) is 6.92. The van der Waals surface area contributed by atoms with Gasteiger partial charge in [0.2, 0.25) is 11.8 Å². The Kier molecular flexibility index (Phi) is 7.53. The van der Waals surface area contributed by atoms with Gasteiger partial charge in [-0.15, -0.1) is 0 Å². The van der Waals surface area contributed by atoms with Crippen molar-refractivity contribution in [1.29, 1.82) is 0 Å². The highest BCUT2D eigenvalue weighted by molar-refractivity contribution is 7.85. The standard InChI is InChI=1S/C16H30N2O3S/c1-11(2)10-14(19)17-15(12(3)4)16(20)18(5)13-6-8-22(21)9-7-13/h11-13,15H,6-10H2,1-5H3,(H,17,19)/t13?,15-,22?/m1/s1. The molecule has 1 aliphatic rings. The van der Waals surface area contributed by atoms with Crippen LogP contribution in [0.5, 0.6) is 0 Å². The Bertz CT molecular complexity index is 414. The largest absolute Gasteiger partial charge is 0.344 e. The lowest BCUT2D eigenvalue weighted by Crippen LogP contribution is -2.53. The third-order valence-corrected chi connectivity index (χ3v) is 5.48. The number of hydrogen-bond acceptors (Lipinski definition) is 3. The maximum Gasteiger partial charge on any atom is 0.245 e. The second-order valence-corrected chi connectivity index (χ2v) is 8.61. The molecule has 22 heavy (non-hydrogen) atoms. The van der Waals surface area contributed by atoms with Crippen molar-refractivity contribution >= 4 is 22.6 Å². The summed E-state index contributed by atoms with van der Waals surface area (Å²) in [6.45, 7) is 7.87. The SMILES string of the molecule is CC(C)CC(=O)N[C@@H](C(=O)N(C)C1CCS(=O)CC1)C(C)C. The van der Waals surface area contributed by atoms with Gasteiger partial charge in [-0.2, -0.15) is 0 Å². The number of likely N-dealkylation sites (N-methyl/N-ethyl adjacent to an activating group) is 1. The van der Waals surface area contributed by atoms with Crippen molar-refractivity contribution in [2.24, 2.45) is 11.8 Å². The molecule has 1 saturated heterocycles. The molecule has 1 aliphatic heterocycles. The summed E-state index contributed by atoms with van der Waals surface area (Å²) in [5, 5.41) is 2.89. The van der Waals surface area contributed by atoms with Gasteiger partial charge in [-0.05, 0) is 24.7 Å². The fourth-order valence-electron chi connectivity index (χ4n) is 2.68. The molecule has 0 spiro atoms. The van der Waals surface area contributed by atoms with Crippen LogP contribution in [0.3, 0.4) is 0 Å². The maximum atomic E-state index is 12.7. The Morgan fingerprint density at radius 1 is 1.18 bits per heavy atom. The zero-order valence-corrected chi connectivity index (χ0v) is 15.2. The molecule has 0 aromatic carbocycles. The Morgan fingerprint density at radius 3 is 2.18 bits per heavy atom. The smallest absolute Gasteiger partial charge is 0.245 e. The summed E-state index contributed by atoms with van der Waals surface area (Å²) in [6.07, 6.45) is 1.99. The first-order valence-corrected chi connectivity index (χ1v) is 9.62. The minimum Gasteiger partial charge on any atom is -0.344 e. The molecule has 1 fully saturated rings. The zero-order chi connectivity index (χ0) is 16.9. The molecule has 0 radical (unpaired) electrons. The molecule has 0 saturated carbocycles. The molecule has 5 nitrogen and oxygen atoms in total. The molecule has 1 heterocycles. The Labute approximate surface area is 136 Å². The van der Waals surface area contributed by atoms with E-state index in [0.717, 1.165) is 12.8 Å². The highest BCUT2D eigenvalue weighted by Crippen LogP contribution is 2.17. The fourth-order valence-corrected chi connectivity index (χ4v) is 3.96. The average Bonchev–Trinajstić information content (AvgIpc) is 2.43. The molecule has 1 N–H and O–H groups in total. The minimum atomic E-state index is -0.734. The highest BCUT2D eigenvalue weighted by Gasteiger charge is 2.31. The molecule has 0 aromatic heterocycles. The first-order chi connectivity index (χ1) is 10.2. The Balaban J connectivity index is 2.67. The van der Waals surface area contributed by atoms with E-state index in [4.69, 9.17) is 0 Å². The summed E-state index contributed by atoms with van der Waals surface area (Å²) in [5.74, 6) is 1.53. The average molecular weight is 330 g/mol. The molecule has 128 valence electrons. The highest BCUT2D eigenvalue weighted by atomic mass is 32.2. The summed E-state index contributed by atoms with van der Waals surface area (Å²) in [6, 6.07) is -0.350. The van der Waals surface area contributed by atoms with Crippen molar-refractivity contribution in [3.8, 4) is 0 Å². The predicted octanol–water partition coefficient (Wildman–Crippen LogP) is 1.54. The van der Waals surface area contributed by atoms with Crippen molar-refractivity contribution in [2.45, 2.75) is 59.0 Å². The summed E-state index contributed by atoms with van der Waals surface area (Å²) in [7, 11) is 1.06. The van der Waals surface area contributed by atoms with E-state index in [9.17, 15) is 13.8 Å². The Hall–Kier alpha value is -0.910. The van der Waals surface area contributed by atoms with Crippen LogP contribution in [-0.2, 0) is 20.4 Å². The van der Waals surface area contributed by atoms with E-state index < -0.39 is 16.8 Å². The normalized spacial score (nSPS) is 23.4. The molecular weight excluding hydrogens is 300 g/mol. The van der Waals surface area contributed by atoms with Gasteiger partial charge in [-0.3, -0.25) is 13.8 Å². The summed E-state index contributed by atoms with van der Waals surface area (Å²) in [4.78, 5) is 26.5. The van der Waals surface area contributed by atoms with E-state index >= 15 is 0 Å². The molecule has 6 heteroatoms. The van der Waals surface area contributed by atoms with Crippen molar-refractivity contribution in [3.05, 3.63) is 0 Å². The molecule has 0 aliphatic carbocycles. The second kappa shape index (κ2) is 8.65. The fraction of sp³-hybridized carbons (Fsp3) is 0.875. The quantitative estimate of drug-likeness (QED) is 0.803. The molecule has 0 aromatic rings. The number of nitrogens with zero attached hydrogens (tertiary/aromatic N) is 1. The van der Waals surface area contributed by atoms with Crippen molar-refractivity contribution in [3.63, 3.8) is 0 Å². The number of rotatable bonds is 6. The molecule has 1 rings (SSSR count). The zero-order valence-electron chi connectivity index (χ0n) is 14.4. The van der Waals surface area contributed by atoms with E-state index in [1.165, 1.54) is 0 Å². The number of hydrogen-bond donors (Lipinski definition) is 1. The summed E-state index contributed by atoms with van der Waals surface area (Å²) in [5.41, 5.74) is 0. The van der Waals surface area contributed by atoms with Crippen molar-refractivity contribution < 1.29 is 13.8 Å². The van der Waals surface area contributed by atoms with E-state index in [-0.39, 0.29) is 29.7 Å². The van der Waals surface area contributed by atoms with Gasteiger partial charge < -0.3 is 10.2 Å². The maximum absolute atomic E-state index is 12.7. The first kappa shape index (κ1) is 19.1. The summed E-state index contributed by atoms with van der Waals surface area (Å²) < 4.78 is 11.4. The van der Waals surface area contributed by atoms with Crippen LogP contribution in [-0.4, -0.2) is 51.6 Å². The van der Waals surface area contributed by atoms with Gasteiger partial charge in [0.15, 0.2) is 0 Å². The molecule has 0 bridgehead atoms. The van der Waals surface area contributed by atoms with Gasteiger partial charge in [0.05, 0.1) is 0 Å². The van der Waals surface area contributed by atoms with Crippen LogP contribution in [0.2, 0.25) is 0 Å². The van der Waals surface area contributed by atoms with Crippen LogP contribution < -0.4 is 5.32 Å². The third-order valence-electron chi connectivity index (χ3n) is 4.10. The Morgan fingerprint density at radius 2 is 1.73 bits per heavy atom. The third kappa shape index (κ3) is 5.71. The van der Waals surface area contributed by atoms with E-state index in [2.05, 4.69) is 5.32 Å². The topological polar surface area (TPSA) is 66.5 Å². The van der Waals surface area contributed by atoms with Gasteiger partial charge in [-0.25, -0.2) is 0 Å². The lowest BCUT2D eigenvalue weighted by molar-refractivity contribution is -0.138. The monoisotopic (exact) mass is 330 g/mol. The lowest BCUT2D eigenvalue weighted by atomic mass is 10.00. The molecular formula is C16H30N2O3S. The van der Waals surface area contributed by atoms with Crippen LogP contribution in [0.4, 0.5) is 0 Å². The van der Waals surface area contributed by atoms with Gasteiger partial charge in [-0.1, -0.05) is 27.7 Å². The van der Waals surface area contributed by atoms with Crippen LogP contribution >= 0.6 is 0 Å². The predicted molar refractivity (Wildman–Crippen MR) is 89.9 cm³/mol. The van der Waals surface area contributed by atoms with Gasteiger partial charge in [0, 0.05) is 41.8 Å². The molecule has 0 unspecified atom stereocenters. The van der Waals surface area contributed by atoms with Crippen LogP contribution in [0.1, 0.15) is 47.0 Å².